The number of rotatable bonds is 0. The van der Waals surface area contributed by atoms with Crippen molar-refractivity contribution in [1.82, 2.24) is 0 Å². The Kier molecular flexibility index (Phi) is 35.9. The van der Waals surface area contributed by atoms with E-state index in [0.29, 0.717) is 0 Å². The zero-order chi connectivity index (χ0) is 7.15. The second kappa shape index (κ2) is 15.9. The molecule has 58 valence electrons. The Balaban J connectivity index is -0.0000000300. The molecule has 2 N–H and O–H groups in total. The molecule has 0 aliphatic carbocycles. The van der Waals surface area contributed by atoms with E-state index in [1.807, 2.05) is 0 Å². The van der Waals surface area contributed by atoms with Crippen molar-refractivity contribution in [3.05, 3.63) is 0 Å². The number of aliphatic carboxylic acids is 2. The Labute approximate surface area is 77.5 Å². The van der Waals surface area contributed by atoms with Gasteiger partial charge in [-0.15, -0.1) is 0 Å². The van der Waals surface area contributed by atoms with Crippen LogP contribution in [0.4, 0.5) is 0 Å². The van der Waals surface area contributed by atoms with Crippen LogP contribution >= 0.6 is 0 Å². The van der Waals surface area contributed by atoms with E-state index in [0.717, 1.165) is 13.8 Å². The maximum atomic E-state index is 8.89. The van der Waals surface area contributed by atoms with E-state index >= 15 is 0 Å². The van der Waals surface area contributed by atoms with Gasteiger partial charge in [-0.1, -0.05) is 0 Å². The molecule has 0 fully saturated rings. The van der Waals surface area contributed by atoms with Crippen LogP contribution in [0.3, 0.4) is 0 Å². The van der Waals surface area contributed by atoms with Gasteiger partial charge in [-0.2, -0.15) is 0 Å². The van der Waals surface area contributed by atoms with Crippen LogP contribution in [0.15, 0.2) is 0 Å². The SMILES string of the molecule is CC(=O)[O-].CC(=O)[O-].O.[Zr+2]. The smallest absolute Gasteiger partial charge is 0.550 e. The molecular weight excluding hydrogens is 219 g/mol. The zero-order valence-electron chi connectivity index (χ0n) is 5.63. The molecule has 6 heteroatoms. The Bertz CT molecular complexity index is 71.6. The summed E-state index contributed by atoms with van der Waals surface area (Å²) in [5, 5.41) is 17.8. The Morgan fingerprint density at radius 2 is 1.00 bits per heavy atom. The van der Waals surface area contributed by atoms with Gasteiger partial charge in [0.25, 0.3) is 0 Å². The molecule has 0 amide bonds. The van der Waals surface area contributed by atoms with Crippen molar-refractivity contribution in [3.63, 3.8) is 0 Å². The predicted molar refractivity (Wildman–Crippen MR) is 25.0 cm³/mol. The Morgan fingerprint density at radius 3 is 1.00 bits per heavy atom. The van der Waals surface area contributed by atoms with Crippen LogP contribution in [0.5, 0.6) is 0 Å². The van der Waals surface area contributed by atoms with Crippen LogP contribution < -0.4 is 10.2 Å². The maximum absolute atomic E-state index is 8.89. The van der Waals surface area contributed by atoms with E-state index in [-0.39, 0.29) is 31.7 Å². The Hall–Kier alpha value is -0.217. The molecule has 0 heterocycles. The maximum Gasteiger partial charge on any atom is 2.00 e. The quantitative estimate of drug-likeness (QED) is 0.431. The van der Waals surface area contributed by atoms with Crippen LogP contribution in [0.2, 0.25) is 0 Å². The second-order valence-electron chi connectivity index (χ2n) is 0.983. The molecule has 5 nitrogen and oxygen atoms in total. The summed E-state index contributed by atoms with van der Waals surface area (Å²) in [5.74, 6) is -2.17. The van der Waals surface area contributed by atoms with E-state index in [1.54, 1.807) is 0 Å². The van der Waals surface area contributed by atoms with Gasteiger partial charge in [-0.3, -0.25) is 0 Å². The number of hydrogen-bond donors (Lipinski definition) is 0. The first kappa shape index (κ1) is 22.6. The summed E-state index contributed by atoms with van der Waals surface area (Å²) in [6.07, 6.45) is 0. The minimum Gasteiger partial charge on any atom is -0.550 e. The first-order chi connectivity index (χ1) is 3.46. The minimum atomic E-state index is -1.08. The largest absolute Gasteiger partial charge is 2.00 e. The summed E-state index contributed by atoms with van der Waals surface area (Å²) < 4.78 is 0. The second-order valence-corrected chi connectivity index (χ2v) is 0.983. The van der Waals surface area contributed by atoms with Crippen LogP contribution in [-0.4, -0.2) is 17.4 Å². The normalized spacial score (nSPS) is 5.00. The molecule has 0 aromatic carbocycles. The van der Waals surface area contributed by atoms with Gasteiger partial charge in [0.2, 0.25) is 0 Å². The molecule has 0 aromatic rings. The third-order valence-corrected chi connectivity index (χ3v) is 0. The molecule has 0 spiro atoms. The van der Waals surface area contributed by atoms with E-state index in [4.69, 9.17) is 19.8 Å². The molecule has 0 rings (SSSR count). The van der Waals surface area contributed by atoms with Gasteiger partial charge in [0.05, 0.1) is 0 Å². The monoisotopic (exact) mass is 226 g/mol. The van der Waals surface area contributed by atoms with Gasteiger partial charge < -0.3 is 25.3 Å². The number of carboxylic acids is 2. The fraction of sp³-hybridized carbons (Fsp3) is 0.500. The van der Waals surface area contributed by atoms with Crippen molar-refractivity contribution >= 4 is 11.9 Å². The number of hydrogen-bond acceptors (Lipinski definition) is 4. The van der Waals surface area contributed by atoms with Gasteiger partial charge in [0, 0.05) is 11.9 Å². The van der Waals surface area contributed by atoms with Crippen LogP contribution in [0.1, 0.15) is 13.8 Å². The average Bonchev–Trinajstić information content (AvgIpc) is 1.25. The van der Waals surface area contributed by atoms with E-state index in [2.05, 4.69) is 0 Å². The van der Waals surface area contributed by atoms with Crippen LogP contribution in [-0.2, 0) is 35.8 Å². The zero-order valence-corrected chi connectivity index (χ0v) is 8.09. The average molecular weight is 227 g/mol. The molecule has 0 aliphatic heterocycles. The summed E-state index contributed by atoms with van der Waals surface area (Å²) in [4.78, 5) is 17.8. The first-order valence-corrected chi connectivity index (χ1v) is 1.82. The van der Waals surface area contributed by atoms with Gasteiger partial charge in [-0.05, 0) is 13.8 Å². The molecule has 0 bridgehead atoms. The molecule has 0 saturated carbocycles. The molecule has 10 heavy (non-hydrogen) atoms. The summed E-state index contributed by atoms with van der Waals surface area (Å²) >= 11 is 0. The fourth-order valence-corrected chi connectivity index (χ4v) is 0. The molecule has 0 atom stereocenters. The van der Waals surface area contributed by atoms with Crippen molar-refractivity contribution in [3.8, 4) is 0 Å². The Morgan fingerprint density at radius 1 is 1.00 bits per heavy atom. The summed E-state index contributed by atoms with van der Waals surface area (Å²) in [7, 11) is 0. The third kappa shape index (κ3) is 7610. The molecule has 0 unspecified atom stereocenters. The third-order valence-electron chi connectivity index (χ3n) is 0. The fourth-order valence-electron chi connectivity index (χ4n) is 0. The van der Waals surface area contributed by atoms with Gasteiger partial charge in [-0.25, -0.2) is 0 Å². The first-order valence-electron chi connectivity index (χ1n) is 1.82. The van der Waals surface area contributed by atoms with Gasteiger partial charge in [0.15, 0.2) is 0 Å². The molecular formula is C4H8O5Zr. The summed E-state index contributed by atoms with van der Waals surface area (Å²) in [5.41, 5.74) is 0. The molecule has 0 aromatic heterocycles. The van der Waals surface area contributed by atoms with Crippen molar-refractivity contribution < 1.29 is 51.5 Å². The van der Waals surface area contributed by atoms with Crippen LogP contribution in [0.25, 0.3) is 0 Å². The predicted octanol–water partition coefficient (Wildman–Crippen LogP) is -3.31. The summed E-state index contributed by atoms with van der Waals surface area (Å²) in [6.45, 7) is 1.94. The van der Waals surface area contributed by atoms with Gasteiger partial charge in [0.1, 0.15) is 0 Å². The van der Waals surface area contributed by atoms with Gasteiger partial charge >= 0.3 is 26.2 Å². The molecule has 0 aliphatic rings. The molecule has 0 saturated heterocycles. The van der Waals surface area contributed by atoms with E-state index < -0.39 is 11.9 Å². The van der Waals surface area contributed by atoms with Crippen molar-refractivity contribution in [1.29, 1.82) is 0 Å². The number of carboxylic acid groups (broad SMARTS) is 2. The van der Waals surface area contributed by atoms with Crippen molar-refractivity contribution in [2.45, 2.75) is 13.8 Å². The van der Waals surface area contributed by atoms with E-state index in [1.165, 1.54) is 0 Å². The summed E-state index contributed by atoms with van der Waals surface area (Å²) in [6, 6.07) is 0. The number of carbonyl (C=O) groups excluding carboxylic acids is 2. The van der Waals surface area contributed by atoms with E-state index in [9.17, 15) is 0 Å². The standard InChI is InChI=1S/2C2H4O2.H2O.Zr/c2*1-2(3)4;;/h2*1H3,(H,3,4);1H2;/q;;;+2/p-2. The minimum absolute atomic E-state index is 0. The molecule has 0 radical (unpaired) electrons. The van der Waals surface area contributed by atoms with Crippen LogP contribution in [0, 0.1) is 0 Å². The topological polar surface area (TPSA) is 112 Å². The van der Waals surface area contributed by atoms with Crippen molar-refractivity contribution in [2.24, 2.45) is 0 Å². The van der Waals surface area contributed by atoms with Crippen molar-refractivity contribution in [2.75, 3.05) is 0 Å². The number of carbonyl (C=O) groups is 2.